The van der Waals surface area contributed by atoms with Gasteiger partial charge in [0.1, 0.15) is 0 Å². The second-order valence-electron chi connectivity index (χ2n) is 4.48. The van der Waals surface area contributed by atoms with Gasteiger partial charge in [-0.2, -0.15) is 0 Å². The third-order valence-corrected chi connectivity index (χ3v) is 3.05. The molecule has 1 fully saturated rings. The number of hydrogen-bond donors (Lipinski definition) is 3. The number of rotatable bonds is 5. The summed E-state index contributed by atoms with van der Waals surface area (Å²) in [6, 6.07) is -1.65. The predicted molar refractivity (Wildman–Crippen MR) is 65.3 cm³/mol. The van der Waals surface area contributed by atoms with Crippen LogP contribution in [0.2, 0.25) is 0 Å². The van der Waals surface area contributed by atoms with Crippen molar-refractivity contribution in [3.05, 3.63) is 0 Å². The van der Waals surface area contributed by atoms with E-state index < -0.39 is 29.9 Å². The summed E-state index contributed by atoms with van der Waals surface area (Å²) in [4.78, 5) is 35.3. The average molecular weight is 273 g/mol. The molecule has 0 aromatic rings. The van der Waals surface area contributed by atoms with Gasteiger partial charge in [0.2, 0.25) is 5.91 Å². The van der Waals surface area contributed by atoms with Gasteiger partial charge in [-0.3, -0.25) is 4.79 Å². The minimum atomic E-state index is -1.15. The molecule has 1 rings (SSSR count). The van der Waals surface area contributed by atoms with E-state index in [0.29, 0.717) is 19.4 Å². The number of nitrogens with two attached hydrogens (primary N) is 1. The number of nitrogens with zero attached hydrogens (tertiary/aromatic N) is 1. The second-order valence-corrected chi connectivity index (χ2v) is 4.48. The van der Waals surface area contributed by atoms with Gasteiger partial charge in [0.15, 0.2) is 6.04 Å². The minimum absolute atomic E-state index is 0.104. The molecule has 1 saturated heterocycles. The zero-order valence-electron chi connectivity index (χ0n) is 10.8. The van der Waals surface area contributed by atoms with Gasteiger partial charge in [0.25, 0.3) is 0 Å². The Morgan fingerprint density at radius 1 is 1.53 bits per heavy atom. The highest BCUT2D eigenvalue weighted by molar-refractivity contribution is 5.85. The van der Waals surface area contributed by atoms with Crippen LogP contribution in [0.15, 0.2) is 0 Å². The maximum Gasteiger partial charge on any atom is 0.328 e. The number of aliphatic carboxylic acids is 1. The van der Waals surface area contributed by atoms with Crippen molar-refractivity contribution < 1.29 is 24.2 Å². The highest BCUT2D eigenvalue weighted by Crippen LogP contribution is 2.16. The Hall–Kier alpha value is -1.83. The van der Waals surface area contributed by atoms with E-state index in [1.54, 1.807) is 0 Å². The van der Waals surface area contributed by atoms with Crippen LogP contribution in [0.4, 0.5) is 4.79 Å². The number of nitrogens with one attached hydrogen (secondary N) is 1. The van der Waals surface area contributed by atoms with Crippen molar-refractivity contribution in [2.24, 2.45) is 11.7 Å². The Morgan fingerprint density at radius 3 is 2.74 bits per heavy atom. The Kier molecular flexibility index (Phi) is 5.56. The zero-order valence-corrected chi connectivity index (χ0v) is 10.8. The summed E-state index contributed by atoms with van der Waals surface area (Å²) < 4.78 is 4.73. The van der Waals surface area contributed by atoms with Crippen LogP contribution >= 0.6 is 0 Å². The maximum absolute atomic E-state index is 11.9. The van der Waals surface area contributed by atoms with Crippen LogP contribution in [-0.2, 0) is 14.3 Å². The highest BCUT2D eigenvalue weighted by atomic mass is 16.5. The number of carbonyl (C=O) groups excluding carboxylic acids is 2. The molecule has 4 N–H and O–H groups in total. The summed E-state index contributed by atoms with van der Waals surface area (Å²) in [6.07, 6.45) is 1.28. The number of methoxy groups -OCH3 is 1. The molecule has 1 aliphatic heterocycles. The molecule has 3 amide bonds. The quantitative estimate of drug-likeness (QED) is 0.592. The third kappa shape index (κ3) is 4.40. The Balaban J connectivity index is 2.56. The molecule has 8 nitrogen and oxygen atoms in total. The first-order valence-electron chi connectivity index (χ1n) is 6.02. The second kappa shape index (κ2) is 6.93. The van der Waals surface area contributed by atoms with E-state index in [2.05, 4.69) is 5.32 Å². The summed E-state index contributed by atoms with van der Waals surface area (Å²) in [7, 11) is 1.36. The number of carboxylic acid groups (broad SMARTS) is 1. The molecule has 108 valence electrons. The number of piperidine rings is 1. The van der Waals surface area contributed by atoms with Crippen LogP contribution < -0.4 is 11.1 Å². The molecule has 0 aromatic heterocycles. The first kappa shape index (κ1) is 15.2. The summed E-state index contributed by atoms with van der Waals surface area (Å²) >= 11 is 0. The molecule has 0 bridgehead atoms. The number of ether oxygens (including phenoxy) is 1. The Morgan fingerprint density at radius 2 is 2.21 bits per heavy atom. The standard InChI is InChI=1S/C11H19N3O5/c1-19-6-8(10(16)17)13-9(15)7-3-2-4-14(5-7)11(12)18/h7-8H,2-6H2,1H3,(H2,12,18)(H,13,15)(H,16,17). The zero-order chi connectivity index (χ0) is 14.4. The van der Waals surface area contributed by atoms with Crippen molar-refractivity contribution in [1.82, 2.24) is 10.2 Å². The first-order valence-corrected chi connectivity index (χ1v) is 6.02. The Bertz CT molecular complexity index is 360. The van der Waals surface area contributed by atoms with E-state index >= 15 is 0 Å². The van der Waals surface area contributed by atoms with Gasteiger partial charge in [0, 0.05) is 20.2 Å². The fourth-order valence-corrected chi connectivity index (χ4v) is 2.02. The van der Waals surface area contributed by atoms with Crippen molar-refractivity contribution in [2.45, 2.75) is 18.9 Å². The van der Waals surface area contributed by atoms with Gasteiger partial charge in [0.05, 0.1) is 12.5 Å². The predicted octanol–water partition coefficient (Wildman–Crippen LogP) is -1.01. The third-order valence-electron chi connectivity index (χ3n) is 3.05. The van der Waals surface area contributed by atoms with E-state index in [9.17, 15) is 14.4 Å². The number of carbonyl (C=O) groups is 3. The van der Waals surface area contributed by atoms with Crippen molar-refractivity contribution in [1.29, 1.82) is 0 Å². The van der Waals surface area contributed by atoms with E-state index in [1.165, 1.54) is 12.0 Å². The lowest BCUT2D eigenvalue weighted by Crippen LogP contribution is -2.51. The van der Waals surface area contributed by atoms with Gasteiger partial charge in [-0.1, -0.05) is 0 Å². The van der Waals surface area contributed by atoms with Crippen molar-refractivity contribution in [3.63, 3.8) is 0 Å². The largest absolute Gasteiger partial charge is 0.480 e. The molecule has 19 heavy (non-hydrogen) atoms. The van der Waals surface area contributed by atoms with Gasteiger partial charge in [-0.05, 0) is 12.8 Å². The lowest BCUT2D eigenvalue weighted by Gasteiger charge is -2.31. The number of likely N-dealkylation sites (tertiary alicyclic amines) is 1. The lowest BCUT2D eigenvalue weighted by atomic mass is 9.97. The molecule has 8 heteroatoms. The molecule has 1 heterocycles. The highest BCUT2D eigenvalue weighted by Gasteiger charge is 2.30. The monoisotopic (exact) mass is 273 g/mol. The fourth-order valence-electron chi connectivity index (χ4n) is 2.02. The smallest absolute Gasteiger partial charge is 0.328 e. The lowest BCUT2D eigenvalue weighted by molar-refractivity contribution is -0.144. The average Bonchev–Trinajstić information content (AvgIpc) is 2.38. The van der Waals surface area contributed by atoms with Gasteiger partial charge >= 0.3 is 12.0 Å². The molecule has 1 aliphatic rings. The molecule has 0 aliphatic carbocycles. The number of amides is 3. The molecular formula is C11H19N3O5. The number of primary amides is 1. The van der Waals surface area contributed by atoms with Crippen molar-refractivity contribution in [2.75, 3.05) is 26.8 Å². The molecule has 2 unspecified atom stereocenters. The molecular weight excluding hydrogens is 254 g/mol. The van der Waals surface area contributed by atoms with Gasteiger partial charge < -0.3 is 25.8 Å². The minimum Gasteiger partial charge on any atom is -0.480 e. The topological polar surface area (TPSA) is 122 Å². The summed E-state index contributed by atoms with van der Waals surface area (Å²) in [5.74, 6) is -1.98. The molecule has 0 saturated carbocycles. The SMILES string of the molecule is COCC(NC(=O)C1CCCN(C(N)=O)C1)C(=O)O. The normalized spacial score (nSPS) is 20.7. The molecule has 0 aromatic carbocycles. The fraction of sp³-hybridized carbons (Fsp3) is 0.727. The van der Waals surface area contributed by atoms with Crippen LogP contribution in [0.1, 0.15) is 12.8 Å². The number of urea groups is 1. The Labute approximate surface area is 110 Å². The molecule has 2 atom stereocenters. The van der Waals surface area contributed by atoms with Crippen molar-refractivity contribution in [3.8, 4) is 0 Å². The first-order chi connectivity index (χ1) is 8.95. The van der Waals surface area contributed by atoms with Crippen molar-refractivity contribution >= 4 is 17.9 Å². The van der Waals surface area contributed by atoms with Crippen LogP contribution in [0, 0.1) is 5.92 Å². The summed E-state index contributed by atoms with van der Waals surface area (Å²) in [5.41, 5.74) is 5.17. The number of carboxylic acids is 1. The van der Waals surface area contributed by atoms with E-state index in [-0.39, 0.29) is 13.2 Å². The molecule has 0 spiro atoms. The van der Waals surface area contributed by atoms with Gasteiger partial charge in [-0.15, -0.1) is 0 Å². The van der Waals surface area contributed by atoms with Crippen LogP contribution in [0.3, 0.4) is 0 Å². The summed E-state index contributed by atoms with van der Waals surface area (Å²) in [5, 5.41) is 11.3. The summed E-state index contributed by atoms with van der Waals surface area (Å²) in [6.45, 7) is 0.646. The maximum atomic E-state index is 11.9. The molecule has 0 radical (unpaired) electrons. The number of hydrogen-bond acceptors (Lipinski definition) is 4. The van der Waals surface area contributed by atoms with Crippen LogP contribution in [-0.4, -0.2) is 60.8 Å². The van der Waals surface area contributed by atoms with Crippen LogP contribution in [0.5, 0.6) is 0 Å². The van der Waals surface area contributed by atoms with E-state index in [4.69, 9.17) is 15.6 Å². The van der Waals surface area contributed by atoms with Crippen LogP contribution in [0.25, 0.3) is 0 Å². The van der Waals surface area contributed by atoms with Gasteiger partial charge in [-0.25, -0.2) is 9.59 Å². The van der Waals surface area contributed by atoms with E-state index in [0.717, 1.165) is 0 Å². The van der Waals surface area contributed by atoms with E-state index in [1.807, 2.05) is 0 Å².